The Morgan fingerprint density at radius 3 is 2.50 bits per heavy atom. The van der Waals surface area contributed by atoms with Gasteiger partial charge in [0.25, 0.3) is 0 Å². The number of allylic oxidation sites excluding steroid dienone is 1. The van der Waals surface area contributed by atoms with E-state index in [0.717, 1.165) is 32.1 Å². The van der Waals surface area contributed by atoms with Crippen molar-refractivity contribution in [3.05, 3.63) is 12.2 Å². The second kappa shape index (κ2) is 5.09. The van der Waals surface area contributed by atoms with Gasteiger partial charge in [-0.05, 0) is 54.8 Å². The monoisotopic (exact) mass is 344 g/mol. The van der Waals surface area contributed by atoms with E-state index < -0.39 is 0 Å². The van der Waals surface area contributed by atoms with Crippen LogP contribution in [0.3, 0.4) is 0 Å². The lowest BCUT2D eigenvalue weighted by molar-refractivity contribution is -0.136. The minimum Gasteiger partial charge on any atom is -0.299 e. The Hall–Kier alpha value is -0.830. The van der Waals surface area contributed by atoms with Gasteiger partial charge in [0, 0.05) is 24.2 Å². The predicted octanol–water partition coefficient (Wildman–Crippen LogP) is 4.56. The van der Waals surface area contributed by atoms with Gasteiger partial charge in [-0.2, -0.15) is 0 Å². The molecule has 4 saturated carbocycles. The van der Waals surface area contributed by atoms with Crippen molar-refractivity contribution in [2.75, 3.05) is 0 Å². The summed E-state index contributed by atoms with van der Waals surface area (Å²) in [6.07, 6.45) is 5.43. The molecule has 7 atom stereocenters. The number of Topliss-reactive ketones (excluding diaryl/α,β-unsaturated/α-hetero) is 2. The van der Waals surface area contributed by atoms with E-state index in [9.17, 15) is 9.59 Å². The fourth-order valence-corrected chi connectivity index (χ4v) is 7.57. The molecule has 0 amide bonds. The second-order valence-corrected chi connectivity index (χ2v) is 9.74. The highest BCUT2D eigenvalue weighted by molar-refractivity contribution is 7.82. The molecule has 0 radical (unpaired) electrons. The summed E-state index contributed by atoms with van der Waals surface area (Å²) in [7, 11) is 0. The molecular formula is C21H28O2S. The van der Waals surface area contributed by atoms with Crippen LogP contribution < -0.4 is 0 Å². The SMILES string of the molecule is C=C1C(C)[C@@H]2[C@@H](CC[C@]3(C)C(=O)CC[C@@H]23)[C@@]2(C)CCC(=O)C(=S)C12. The Labute approximate surface area is 150 Å². The van der Waals surface area contributed by atoms with E-state index in [2.05, 4.69) is 27.4 Å². The number of hydrogen-bond donors (Lipinski definition) is 0. The molecule has 4 fully saturated rings. The Bertz CT molecular complexity index is 665. The van der Waals surface area contributed by atoms with Gasteiger partial charge >= 0.3 is 0 Å². The highest BCUT2D eigenvalue weighted by Gasteiger charge is 2.63. The summed E-state index contributed by atoms with van der Waals surface area (Å²) in [5, 5.41) is 0. The number of hydrogen-bond acceptors (Lipinski definition) is 3. The van der Waals surface area contributed by atoms with Crippen LogP contribution in [0, 0.1) is 40.4 Å². The lowest BCUT2D eigenvalue weighted by Crippen LogP contribution is -2.59. The lowest BCUT2D eigenvalue weighted by atomic mass is 9.42. The number of rotatable bonds is 0. The maximum absolute atomic E-state index is 12.6. The van der Waals surface area contributed by atoms with Gasteiger partial charge in [0.05, 0.1) is 4.86 Å². The first-order valence-corrected chi connectivity index (χ1v) is 9.91. The highest BCUT2D eigenvalue weighted by atomic mass is 32.1. The summed E-state index contributed by atoms with van der Waals surface area (Å²) in [6, 6.07) is 0. The minimum absolute atomic E-state index is 0.0617. The maximum atomic E-state index is 12.6. The molecule has 0 N–H and O–H groups in total. The summed E-state index contributed by atoms with van der Waals surface area (Å²) in [5.41, 5.74) is 1.11. The number of fused-ring (bicyclic) bond motifs is 5. The third-order valence-corrected chi connectivity index (χ3v) is 8.97. The maximum Gasteiger partial charge on any atom is 0.170 e. The second-order valence-electron chi connectivity index (χ2n) is 9.30. The smallest absolute Gasteiger partial charge is 0.170 e. The molecule has 0 aliphatic heterocycles. The standard InChI is InChI=1S/C21H28O2S/c1-11-12(2)18-19(24)15(22)8-10-21(18,4)14-7-9-20(3)13(17(11)14)5-6-16(20)23/h11,13-14,17-18H,2,5-10H2,1,3-4H3/t11?,13-,14+,17-,18?,20-,21+/m0/s1. The Morgan fingerprint density at radius 2 is 1.79 bits per heavy atom. The largest absolute Gasteiger partial charge is 0.299 e. The lowest BCUT2D eigenvalue weighted by Gasteiger charge is -2.62. The van der Waals surface area contributed by atoms with Crippen LogP contribution in [0.2, 0.25) is 0 Å². The summed E-state index contributed by atoms with van der Waals surface area (Å²) < 4.78 is 0. The molecule has 0 spiro atoms. The average Bonchev–Trinajstić information content (AvgIpc) is 2.84. The van der Waals surface area contributed by atoms with Crippen molar-refractivity contribution >= 4 is 28.6 Å². The fraction of sp³-hybridized carbons (Fsp3) is 0.762. The molecule has 130 valence electrons. The minimum atomic E-state index is -0.121. The fourth-order valence-electron chi connectivity index (χ4n) is 7.05. The zero-order valence-electron chi connectivity index (χ0n) is 15.1. The molecule has 0 aromatic rings. The van der Waals surface area contributed by atoms with Crippen LogP contribution in [0.4, 0.5) is 0 Å². The predicted molar refractivity (Wildman–Crippen MR) is 98.8 cm³/mol. The molecule has 2 nitrogen and oxygen atoms in total. The van der Waals surface area contributed by atoms with Crippen LogP contribution in [-0.4, -0.2) is 16.4 Å². The van der Waals surface area contributed by atoms with Crippen LogP contribution in [0.25, 0.3) is 0 Å². The van der Waals surface area contributed by atoms with Crippen molar-refractivity contribution in [1.29, 1.82) is 0 Å². The van der Waals surface area contributed by atoms with Gasteiger partial charge in [0.15, 0.2) is 5.78 Å². The van der Waals surface area contributed by atoms with Crippen LogP contribution in [-0.2, 0) is 9.59 Å². The van der Waals surface area contributed by atoms with E-state index in [0.29, 0.717) is 40.7 Å². The van der Waals surface area contributed by atoms with E-state index in [4.69, 9.17) is 12.2 Å². The molecule has 0 aromatic carbocycles. The highest BCUT2D eigenvalue weighted by Crippen LogP contribution is 2.67. The summed E-state index contributed by atoms with van der Waals surface area (Å²) in [4.78, 5) is 25.4. The third kappa shape index (κ3) is 1.85. The molecule has 24 heavy (non-hydrogen) atoms. The molecule has 4 rings (SSSR count). The topological polar surface area (TPSA) is 34.1 Å². The zero-order valence-corrected chi connectivity index (χ0v) is 15.9. The van der Waals surface area contributed by atoms with Gasteiger partial charge < -0.3 is 0 Å². The normalized spacial score (nSPS) is 51.2. The van der Waals surface area contributed by atoms with Gasteiger partial charge in [-0.1, -0.05) is 45.1 Å². The van der Waals surface area contributed by atoms with Crippen LogP contribution in [0.15, 0.2) is 12.2 Å². The first-order chi connectivity index (χ1) is 11.2. The van der Waals surface area contributed by atoms with Gasteiger partial charge in [-0.3, -0.25) is 9.59 Å². The molecule has 3 heteroatoms. The first-order valence-electron chi connectivity index (χ1n) is 9.51. The molecule has 0 heterocycles. The van der Waals surface area contributed by atoms with Crippen LogP contribution in [0.5, 0.6) is 0 Å². The van der Waals surface area contributed by atoms with E-state index in [1.165, 1.54) is 5.57 Å². The summed E-state index contributed by atoms with van der Waals surface area (Å²) in [6.45, 7) is 11.3. The molecule has 2 unspecified atom stereocenters. The van der Waals surface area contributed by atoms with E-state index in [1.54, 1.807) is 0 Å². The Balaban J connectivity index is 1.79. The average molecular weight is 345 g/mol. The van der Waals surface area contributed by atoms with Crippen molar-refractivity contribution < 1.29 is 9.59 Å². The van der Waals surface area contributed by atoms with Crippen LogP contribution in [0.1, 0.15) is 59.3 Å². The Kier molecular flexibility index (Phi) is 3.53. The molecule has 4 aliphatic rings. The summed E-state index contributed by atoms with van der Waals surface area (Å²) >= 11 is 5.59. The van der Waals surface area contributed by atoms with Gasteiger partial charge in [-0.25, -0.2) is 0 Å². The number of carbonyl (C=O) groups is 2. The number of ketones is 2. The van der Waals surface area contributed by atoms with Gasteiger partial charge in [-0.15, -0.1) is 0 Å². The first kappa shape index (κ1) is 16.6. The van der Waals surface area contributed by atoms with Crippen LogP contribution >= 0.6 is 12.2 Å². The molecular weight excluding hydrogens is 316 g/mol. The van der Waals surface area contributed by atoms with E-state index in [1.807, 2.05) is 0 Å². The number of carbonyl (C=O) groups excluding carboxylic acids is 2. The van der Waals surface area contributed by atoms with Crippen molar-refractivity contribution in [2.45, 2.75) is 59.3 Å². The molecule has 0 saturated heterocycles. The molecule has 0 bridgehead atoms. The van der Waals surface area contributed by atoms with Crippen molar-refractivity contribution in [1.82, 2.24) is 0 Å². The molecule has 0 aromatic heterocycles. The van der Waals surface area contributed by atoms with E-state index in [-0.39, 0.29) is 22.5 Å². The quantitative estimate of drug-likeness (QED) is 0.477. The molecule has 4 aliphatic carbocycles. The number of thiocarbonyl (C=S) groups is 1. The van der Waals surface area contributed by atoms with Crippen molar-refractivity contribution in [3.8, 4) is 0 Å². The Morgan fingerprint density at radius 1 is 1.08 bits per heavy atom. The van der Waals surface area contributed by atoms with Crippen molar-refractivity contribution in [3.63, 3.8) is 0 Å². The van der Waals surface area contributed by atoms with Gasteiger partial charge in [0.1, 0.15) is 5.78 Å². The van der Waals surface area contributed by atoms with Gasteiger partial charge in [0.2, 0.25) is 0 Å². The summed E-state index contributed by atoms with van der Waals surface area (Å²) in [5.74, 6) is 2.65. The zero-order chi connectivity index (χ0) is 17.4. The van der Waals surface area contributed by atoms with Crippen molar-refractivity contribution in [2.24, 2.45) is 40.4 Å². The van der Waals surface area contributed by atoms with E-state index >= 15 is 0 Å². The third-order valence-electron chi connectivity index (χ3n) is 8.51.